The Labute approximate surface area is 339 Å². The van der Waals surface area contributed by atoms with Crippen LogP contribution in [0.1, 0.15) is 0 Å². The minimum atomic E-state index is 1.04. The third kappa shape index (κ3) is 5.98. The molecule has 2 aromatic heterocycles. The van der Waals surface area contributed by atoms with E-state index in [0.29, 0.717) is 0 Å². The summed E-state index contributed by atoms with van der Waals surface area (Å²) in [5.41, 5.74) is 12.7. The van der Waals surface area contributed by atoms with Gasteiger partial charge in [0.15, 0.2) is 0 Å². The molecule has 2 heterocycles. The summed E-state index contributed by atoms with van der Waals surface area (Å²) in [5, 5.41) is 6.05. The van der Waals surface area contributed by atoms with Gasteiger partial charge >= 0.3 is 0 Å². The van der Waals surface area contributed by atoms with E-state index in [1.54, 1.807) is 11.3 Å². The predicted octanol–water partition coefficient (Wildman–Crippen LogP) is 16.0. The maximum atomic E-state index is 5.11. The molecule has 4 heteroatoms. The van der Waals surface area contributed by atoms with Gasteiger partial charge in [-0.3, -0.25) is 0 Å². The number of rotatable bonds is 7. The van der Waals surface area contributed by atoms with Crippen molar-refractivity contribution < 1.29 is 0 Å². The minimum Gasteiger partial charge on any atom is -0.310 e. The highest BCUT2D eigenvalue weighted by Crippen LogP contribution is 2.47. The Morgan fingerprint density at radius 2 is 0.982 bits per heavy atom. The lowest BCUT2D eigenvalue weighted by atomic mass is 9.90. The molecule has 0 saturated heterocycles. The van der Waals surface area contributed by atoms with Gasteiger partial charge in [0, 0.05) is 42.8 Å². The molecule has 11 rings (SSSR count). The Morgan fingerprint density at radius 3 is 1.77 bits per heavy atom. The summed E-state index contributed by atoms with van der Waals surface area (Å²) in [6.45, 7) is 0. The summed E-state index contributed by atoms with van der Waals surface area (Å²) in [4.78, 5) is 7.53. The molecule has 0 atom stereocenters. The van der Waals surface area contributed by atoms with Gasteiger partial charge in [0.05, 0.1) is 10.2 Å². The number of thiophene rings is 1. The maximum Gasteiger partial charge on any atom is 0.124 e. The fourth-order valence-electron chi connectivity index (χ4n) is 8.18. The van der Waals surface area contributed by atoms with Gasteiger partial charge in [-0.15, -0.1) is 22.7 Å². The van der Waals surface area contributed by atoms with E-state index in [4.69, 9.17) is 4.98 Å². The van der Waals surface area contributed by atoms with Gasteiger partial charge in [0.25, 0.3) is 0 Å². The lowest BCUT2D eigenvalue weighted by Crippen LogP contribution is -2.10. The van der Waals surface area contributed by atoms with Crippen LogP contribution in [0.25, 0.3) is 85.1 Å². The van der Waals surface area contributed by atoms with Crippen molar-refractivity contribution in [1.82, 2.24) is 4.98 Å². The molecule has 268 valence electrons. The van der Waals surface area contributed by atoms with Crippen molar-refractivity contribution in [3.63, 3.8) is 0 Å². The van der Waals surface area contributed by atoms with Crippen LogP contribution in [-0.4, -0.2) is 4.98 Å². The highest BCUT2D eigenvalue weighted by atomic mass is 32.1. The molecule has 0 aliphatic carbocycles. The largest absolute Gasteiger partial charge is 0.310 e. The van der Waals surface area contributed by atoms with E-state index < -0.39 is 0 Å². The van der Waals surface area contributed by atoms with Gasteiger partial charge < -0.3 is 4.90 Å². The van der Waals surface area contributed by atoms with E-state index in [2.05, 4.69) is 211 Å². The van der Waals surface area contributed by atoms with Crippen LogP contribution in [0.15, 0.2) is 206 Å². The average Bonchev–Trinajstić information content (AvgIpc) is 3.89. The van der Waals surface area contributed by atoms with Crippen LogP contribution in [-0.2, 0) is 0 Å². The molecule has 0 bridgehead atoms. The Morgan fingerprint density at radius 1 is 0.368 bits per heavy atom. The molecular weight excluding hydrogens is 729 g/mol. The van der Waals surface area contributed by atoms with Gasteiger partial charge in [-0.1, -0.05) is 152 Å². The first kappa shape index (κ1) is 33.5. The number of thiazole rings is 1. The second-order valence-corrected chi connectivity index (χ2v) is 16.4. The van der Waals surface area contributed by atoms with Crippen molar-refractivity contribution in [3.05, 3.63) is 206 Å². The second kappa shape index (κ2) is 14.0. The third-order valence-electron chi connectivity index (χ3n) is 10.9. The van der Waals surface area contributed by atoms with Gasteiger partial charge in [-0.05, 0) is 98.8 Å². The first-order chi connectivity index (χ1) is 28.2. The molecule has 0 saturated carbocycles. The van der Waals surface area contributed by atoms with Crippen molar-refractivity contribution in [2.45, 2.75) is 0 Å². The Hall–Kier alpha value is -6.85. The van der Waals surface area contributed by atoms with Crippen molar-refractivity contribution >= 4 is 80.9 Å². The van der Waals surface area contributed by atoms with Crippen molar-refractivity contribution in [2.24, 2.45) is 0 Å². The summed E-state index contributed by atoms with van der Waals surface area (Å²) in [7, 11) is 0. The topological polar surface area (TPSA) is 16.1 Å². The van der Waals surface area contributed by atoms with Crippen LogP contribution >= 0.6 is 22.7 Å². The Kier molecular flexibility index (Phi) is 8.24. The average molecular weight is 763 g/mol. The summed E-state index contributed by atoms with van der Waals surface area (Å²) < 4.78 is 3.78. The van der Waals surface area contributed by atoms with Gasteiger partial charge in [-0.25, -0.2) is 4.98 Å². The van der Waals surface area contributed by atoms with Crippen molar-refractivity contribution in [3.8, 4) is 44.0 Å². The number of hydrogen-bond acceptors (Lipinski definition) is 4. The van der Waals surface area contributed by atoms with Crippen LogP contribution < -0.4 is 4.90 Å². The standard InChI is InChI=1S/C53H34N2S2/c1-4-13-35(14-5-1)36-23-25-40(26-24-36)55(41-27-29-44(37-15-6-2-7-16-37)46(33-41)45-22-12-20-38-17-10-11-21-43(38)45)42-28-31-49-47(34-42)51-50(56-49)32-30-48-52(51)57-53(54-48)39-18-8-3-9-19-39/h1-34H. The monoisotopic (exact) mass is 762 g/mol. The van der Waals surface area contributed by atoms with Crippen LogP contribution in [0.2, 0.25) is 0 Å². The zero-order valence-electron chi connectivity index (χ0n) is 30.8. The fourth-order valence-corrected chi connectivity index (χ4v) is 10.5. The van der Waals surface area contributed by atoms with Crippen molar-refractivity contribution in [1.29, 1.82) is 0 Å². The van der Waals surface area contributed by atoms with Gasteiger partial charge in [0.1, 0.15) is 5.01 Å². The zero-order valence-corrected chi connectivity index (χ0v) is 32.5. The van der Waals surface area contributed by atoms with E-state index >= 15 is 0 Å². The van der Waals surface area contributed by atoms with E-state index in [-0.39, 0.29) is 0 Å². The summed E-state index contributed by atoms with van der Waals surface area (Å²) in [6.07, 6.45) is 0. The van der Waals surface area contributed by atoms with Crippen LogP contribution in [0.4, 0.5) is 17.1 Å². The second-order valence-electron chi connectivity index (χ2n) is 14.3. The predicted molar refractivity (Wildman–Crippen MR) is 246 cm³/mol. The molecule has 0 amide bonds. The normalized spacial score (nSPS) is 11.5. The number of hydrogen-bond donors (Lipinski definition) is 0. The van der Waals surface area contributed by atoms with Gasteiger partial charge in [0.2, 0.25) is 0 Å². The third-order valence-corrected chi connectivity index (χ3v) is 13.2. The highest BCUT2D eigenvalue weighted by Gasteiger charge is 2.20. The first-order valence-electron chi connectivity index (χ1n) is 19.2. The van der Waals surface area contributed by atoms with E-state index in [0.717, 1.165) is 33.1 Å². The van der Waals surface area contributed by atoms with Crippen LogP contribution in [0, 0.1) is 0 Å². The molecule has 9 aromatic carbocycles. The van der Waals surface area contributed by atoms with Crippen LogP contribution in [0.5, 0.6) is 0 Å². The molecule has 0 spiro atoms. The number of nitrogens with zero attached hydrogens (tertiary/aromatic N) is 2. The quantitative estimate of drug-likeness (QED) is 0.161. The maximum absolute atomic E-state index is 5.11. The minimum absolute atomic E-state index is 1.04. The van der Waals surface area contributed by atoms with E-state index in [9.17, 15) is 0 Å². The molecule has 0 aliphatic heterocycles. The molecule has 0 radical (unpaired) electrons. The fraction of sp³-hybridized carbons (Fsp3) is 0. The summed E-state index contributed by atoms with van der Waals surface area (Å²) >= 11 is 3.64. The molecule has 0 aliphatic rings. The molecule has 0 fully saturated rings. The first-order valence-corrected chi connectivity index (χ1v) is 20.8. The molecule has 0 N–H and O–H groups in total. The number of aromatic nitrogens is 1. The number of benzene rings is 9. The number of fused-ring (bicyclic) bond motifs is 6. The molecule has 0 unspecified atom stereocenters. The van der Waals surface area contributed by atoms with Crippen LogP contribution in [0.3, 0.4) is 0 Å². The van der Waals surface area contributed by atoms with Gasteiger partial charge in [-0.2, -0.15) is 0 Å². The summed E-state index contributed by atoms with van der Waals surface area (Å²) in [5.74, 6) is 0. The highest BCUT2D eigenvalue weighted by molar-refractivity contribution is 7.28. The molecular formula is C53H34N2S2. The SMILES string of the molecule is c1ccc(-c2ccc(N(c3ccc(-c4ccccc4)c(-c4cccc5ccccc45)c3)c3ccc4sc5ccc6nc(-c7ccccc7)sc6c5c4c3)cc2)cc1. The lowest BCUT2D eigenvalue weighted by Gasteiger charge is -2.27. The van der Waals surface area contributed by atoms with Crippen molar-refractivity contribution in [2.75, 3.05) is 4.90 Å². The molecule has 11 aromatic rings. The Balaban J connectivity index is 1.14. The molecule has 2 nitrogen and oxygen atoms in total. The smallest absolute Gasteiger partial charge is 0.124 e. The zero-order chi connectivity index (χ0) is 37.7. The molecule has 57 heavy (non-hydrogen) atoms. The number of anilines is 3. The van der Waals surface area contributed by atoms with E-state index in [1.165, 1.54) is 69.0 Å². The lowest BCUT2D eigenvalue weighted by molar-refractivity contribution is 1.29. The van der Waals surface area contributed by atoms with E-state index in [1.807, 2.05) is 11.3 Å². The Bertz CT molecular complexity index is 3220. The summed E-state index contributed by atoms with van der Waals surface area (Å²) in [6, 6.07) is 74.6.